The molecule has 0 atom stereocenters. The van der Waals surface area contributed by atoms with Gasteiger partial charge < -0.3 is 0 Å². The molecule has 0 aliphatic rings. The van der Waals surface area contributed by atoms with Gasteiger partial charge in [-0.3, -0.25) is 0 Å². The SMILES string of the molecule is C.C.C.C.C.C.C.C.CCC(C)(CC)CC(C)(CC)CC. The normalized spacial score (nSPS) is 8.29. The van der Waals surface area contributed by atoms with Crippen molar-refractivity contribution in [1.29, 1.82) is 0 Å². The van der Waals surface area contributed by atoms with Crippen molar-refractivity contribution in [3.8, 4) is 0 Å². The molecule has 0 bridgehead atoms. The van der Waals surface area contributed by atoms with Crippen LogP contribution >= 0.6 is 0 Å². The van der Waals surface area contributed by atoms with E-state index in [9.17, 15) is 0 Å². The highest BCUT2D eigenvalue weighted by atomic mass is 14.4. The molecule has 0 saturated carbocycles. The van der Waals surface area contributed by atoms with E-state index < -0.39 is 0 Å². The average Bonchev–Trinajstić information content (AvgIpc) is 2.17. The lowest BCUT2D eigenvalue weighted by molar-refractivity contribution is 0.138. The summed E-state index contributed by atoms with van der Waals surface area (Å²) in [6, 6.07) is 0. The van der Waals surface area contributed by atoms with Crippen LogP contribution in [0.3, 0.4) is 0 Å². The lowest BCUT2D eigenvalue weighted by Crippen LogP contribution is -2.26. The zero-order chi connectivity index (χ0) is 10.5. The highest BCUT2D eigenvalue weighted by Gasteiger charge is 2.30. The molecule has 0 amide bonds. The molecule has 0 fully saturated rings. The highest BCUT2D eigenvalue weighted by Crippen LogP contribution is 2.42. The third kappa shape index (κ3) is 20.0. The number of hydrogen-bond donors (Lipinski definition) is 0. The summed E-state index contributed by atoms with van der Waals surface area (Å²) >= 11 is 0. The fraction of sp³-hybridized carbons (Fsp3) is 1.00. The van der Waals surface area contributed by atoms with Crippen molar-refractivity contribution in [3.05, 3.63) is 0 Å². The summed E-state index contributed by atoms with van der Waals surface area (Å²) in [7, 11) is 0. The van der Waals surface area contributed by atoms with Crippen LogP contribution in [0.1, 0.15) is 133 Å². The zero-order valence-electron chi connectivity index (χ0n) is 10.5. The second-order valence-corrected chi connectivity index (χ2v) is 5.21. The Labute approximate surface area is 144 Å². The van der Waals surface area contributed by atoms with Crippen LogP contribution < -0.4 is 0 Å². The molecule has 0 aromatic rings. The molecule has 0 saturated heterocycles. The Morgan fingerprint density at radius 2 is 0.571 bits per heavy atom. The van der Waals surface area contributed by atoms with Crippen LogP contribution in [-0.4, -0.2) is 0 Å². The predicted molar refractivity (Wildman–Crippen MR) is 116 cm³/mol. The van der Waals surface area contributed by atoms with E-state index in [0.29, 0.717) is 10.8 Å². The van der Waals surface area contributed by atoms with Gasteiger partial charge in [-0.15, -0.1) is 0 Å². The average molecular weight is 313 g/mol. The maximum Gasteiger partial charge on any atom is -0.0326 e. The topological polar surface area (TPSA) is 0 Å². The fourth-order valence-corrected chi connectivity index (χ4v) is 2.03. The van der Waals surface area contributed by atoms with Gasteiger partial charge in [-0.05, 0) is 17.3 Å². The Morgan fingerprint density at radius 3 is 0.667 bits per heavy atom. The molecule has 0 heterocycles. The van der Waals surface area contributed by atoms with Crippen molar-refractivity contribution in [2.45, 2.75) is 133 Å². The van der Waals surface area contributed by atoms with Crippen LogP contribution in [0.25, 0.3) is 0 Å². The van der Waals surface area contributed by atoms with Crippen LogP contribution in [-0.2, 0) is 0 Å². The molecule has 0 radical (unpaired) electrons. The molecule has 0 spiro atoms. The molecule has 0 unspecified atom stereocenters. The van der Waals surface area contributed by atoms with Crippen LogP contribution in [0.15, 0.2) is 0 Å². The number of hydrogen-bond acceptors (Lipinski definition) is 0. The van der Waals surface area contributed by atoms with E-state index in [-0.39, 0.29) is 59.4 Å². The van der Waals surface area contributed by atoms with Crippen LogP contribution in [0.4, 0.5) is 0 Å². The molecule has 0 rings (SSSR count). The minimum atomic E-state index is 0. The summed E-state index contributed by atoms with van der Waals surface area (Å²) in [4.78, 5) is 0. The largest absolute Gasteiger partial charge is 0.0776 e. The first kappa shape index (κ1) is 58.3. The minimum absolute atomic E-state index is 0. The summed E-state index contributed by atoms with van der Waals surface area (Å²) in [6.45, 7) is 14.2. The van der Waals surface area contributed by atoms with Crippen molar-refractivity contribution in [3.63, 3.8) is 0 Å². The van der Waals surface area contributed by atoms with Gasteiger partial charge in [0, 0.05) is 0 Å². The van der Waals surface area contributed by atoms with E-state index in [4.69, 9.17) is 0 Å². The van der Waals surface area contributed by atoms with Gasteiger partial charge in [0.05, 0.1) is 0 Å². The van der Waals surface area contributed by atoms with Crippen molar-refractivity contribution < 1.29 is 0 Å². The first-order valence-corrected chi connectivity index (χ1v) is 5.95. The maximum atomic E-state index is 2.44. The summed E-state index contributed by atoms with van der Waals surface area (Å²) in [5, 5.41) is 0. The molecule has 0 heteroatoms. The summed E-state index contributed by atoms with van der Waals surface area (Å²) in [6.07, 6.45) is 6.66. The third-order valence-corrected chi connectivity index (χ3v) is 4.27. The van der Waals surface area contributed by atoms with Gasteiger partial charge in [-0.1, -0.05) is 127 Å². The van der Waals surface area contributed by atoms with Crippen molar-refractivity contribution in [2.24, 2.45) is 10.8 Å². The van der Waals surface area contributed by atoms with E-state index in [0.717, 1.165) is 0 Å². The molecule has 21 heavy (non-hydrogen) atoms. The summed E-state index contributed by atoms with van der Waals surface area (Å²) < 4.78 is 0. The van der Waals surface area contributed by atoms with Crippen molar-refractivity contribution in [1.82, 2.24) is 0 Å². The van der Waals surface area contributed by atoms with Crippen molar-refractivity contribution >= 4 is 0 Å². The van der Waals surface area contributed by atoms with Gasteiger partial charge in [0.15, 0.2) is 0 Å². The minimum Gasteiger partial charge on any atom is -0.0776 e. The van der Waals surface area contributed by atoms with E-state index in [1.165, 1.54) is 32.1 Å². The smallest absolute Gasteiger partial charge is 0.0326 e. The van der Waals surface area contributed by atoms with Crippen LogP contribution in [0.5, 0.6) is 0 Å². The summed E-state index contributed by atoms with van der Waals surface area (Å²) in [5.74, 6) is 0. The predicted octanol–water partition coefficient (Wildman–Crippen LogP) is 10.1. The molecular formula is C21H60. The monoisotopic (exact) mass is 312 g/mol. The Hall–Kier alpha value is 0. The molecule has 0 nitrogen and oxygen atoms in total. The molecular weight excluding hydrogens is 252 g/mol. The Balaban J connectivity index is -0.0000000257. The molecule has 144 valence electrons. The van der Waals surface area contributed by atoms with E-state index >= 15 is 0 Å². The lowest BCUT2D eigenvalue weighted by atomic mass is 9.68. The lowest BCUT2D eigenvalue weighted by Gasteiger charge is -2.38. The Kier molecular flexibility index (Phi) is 69.4. The summed E-state index contributed by atoms with van der Waals surface area (Å²) in [5.41, 5.74) is 1.14. The molecule has 0 N–H and O–H groups in total. The fourth-order valence-electron chi connectivity index (χ4n) is 2.03. The van der Waals surface area contributed by atoms with E-state index in [1.807, 2.05) is 0 Å². The van der Waals surface area contributed by atoms with Crippen LogP contribution in [0, 0.1) is 10.8 Å². The molecule has 0 aliphatic carbocycles. The zero-order valence-corrected chi connectivity index (χ0v) is 10.5. The van der Waals surface area contributed by atoms with Gasteiger partial charge >= 0.3 is 0 Å². The van der Waals surface area contributed by atoms with Gasteiger partial charge in [0.2, 0.25) is 0 Å². The molecule has 0 aromatic heterocycles. The standard InChI is InChI=1S/C13H28.8CH4/c1-7-12(5,8-2)11-13(6,9-3)10-4;;;;;;;;/h7-11H2,1-6H3;8*1H4. The molecule has 0 aliphatic heterocycles. The van der Waals surface area contributed by atoms with Gasteiger partial charge in [0.25, 0.3) is 0 Å². The van der Waals surface area contributed by atoms with Gasteiger partial charge in [-0.25, -0.2) is 0 Å². The second kappa shape index (κ2) is 25.0. The van der Waals surface area contributed by atoms with Gasteiger partial charge in [-0.2, -0.15) is 0 Å². The van der Waals surface area contributed by atoms with Gasteiger partial charge in [0.1, 0.15) is 0 Å². The maximum absolute atomic E-state index is 2.44. The second-order valence-electron chi connectivity index (χ2n) is 5.21. The first-order chi connectivity index (χ1) is 5.95. The Morgan fingerprint density at radius 1 is 0.429 bits per heavy atom. The highest BCUT2D eigenvalue weighted by molar-refractivity contribution is 4.81. The van der Waals surface area contributed by atoms with E-state index in [2.05, 4.69) is 41.5 Å². The van der Waals surface area contributed by atoms with Crippen LogP contribution in [0.2, 0.25) is 0 Å². The Bertz CT molecular complexity index is 111. The first-order valence-electron chi connectivity index (χ1n) is 5.95. The third-order valence-electron chi connectivity index (χ3n) is 4.27. The molecule has 0 aromatic carbocycles. The van der Waals surface area contributed by atoms with E-state index in [1.54, 1.807) is 0 Å². The quantitative estimate of drug-likeness (QED) is 0.457. The van der Waals surface area contributed by atoms with Crippen molar-refractivity contribution in [2.75, 3.05) is 0 Å². The number of rotatable bonds is 6.